The fourth-order valence-corrected chi connectivity index (χ4v) is 3.47. The van der Waals surface area contributed by atoms with Crippen molar-refractivity contribution < 1.29 is 0 Å². The zero-order valence-electron chi connectivity index (χ0n) is 16.1. The second kappa shape index (κ2) is 7.37. The minimum absolute atomic E-state index is 0.174. The van der Waals surface area contributed by atoms with Crippen molar-refractivity contribution in [1.82, 2.24) is 25.2 Å². The molecule has 0 aliphatic rings. The number of pyridine rings is 1. The third kappa shape index (κ3) is 3.87. The second-order valence-corrected chi connectivity index (χ2v) is 8.30. The predicted octanol–water partition coefficient (Wildman–Crippen LogP) is 3.68. The number of nitrogens with two attached hydrogens (primary N) is 1. The van der Waals surface area contributed by atoms with E-state index >= 15 is 0 Å². The molecule has 2 aromatic heterocycles. The zero-order valence-corrected chi connectivity index (χ0v) is 16.9. The summed E-state index contributed by atoms with van der Waals surface area (Å²) in [6.45, 7) is 8.25. The Balaban J connectivity index is 2.11. The number of hydrogen-bond donors (Lipinski definition) is 1. The van der Waals surface area contributed by atoms with Gasteiger partial charge in [-0.25, -0.2) is 4.68 Å². The number of nitrogens with zero attached hydrogens (tertiary/aromatic N) is 5. The maximum Gasteiger partial charge on any atom is 0.156 e. The summed E-state index contributed by atoms with van der Waals surface area (Å²) in [6, 6.07) is 11.6. The van der Waals surface area contributed by atoms with Gasteiger partial charge in [-0.15, -0.1) is 5.10 Å². The molecule has 27 heavy (non-hydrogen) atoms. The van der Waals surface area contributed by atoms with E-state index in [1.165, 1.54) is 0 Å². The van der Waals surface area contributed by atoms with Gasteiger partial charge in [0.2, 0.25) is 0 Å². The van der Waals surface area contributed by atoms with Crippen molar-refractivity contribution in [2.75, 3.05) is 0 Å². The van der Waals surface area contributed by atoms with Crippen LogP contribution in [-0.2, 0) is 17.5 Å². The van der Waals surface area contributed by atoms with E-state index in [0.29, 0.717) is 11.4 Å². The SMILES string of the molecule is CC(c1nnnn1C(C)(C)C)C(N)(Cc1ccccc1Cl)c1cccnc1. The molecule has 3 aromatic rings. The van der Waals surface area contributed by atoms with Gasteiger partial charge in [-0.1, -0.05) is 42.8 Å². The van der Waals surface area contributed by atoms with Crippen molar-refractivity contribution in [2.45, 2.75) is 51.1 Å². The van der Waals surface area contributed by atoms with Gasteiger partial charge in [-0.05, 0) is 60.9 Å². The molecule has 0 radical (unpaired) electrons. The topological polar surface area (TPSA) is 82.5 Å². The molecule has 3 rings (SSSR count). The summed E-state index contributed by atoms with van der Waals surface area (Å²) in [5, 5.41) is 13.1. The fourth-order valence-electron chi connectivity index (χ4n) is 3.27. The Labute approximate surface area is 164 Å². The van der Waals surface area contributed by atoms with Gasteiger partial charge in [0.1, 0.15) is 0 Å². The molecule has 0 saturated heterocycles. The Kier molecular flexibility index (Phi) is 5.31. The first-order chi connectivity index (χ1) is 12.7. The highest BCUT2D eigenvalue weighted by Crippen LogP contribution is 2.38. The first kappa shape index (κ1) is 19.5. The van der Waals surface area contributed by atoms with Gasteiger partial charge in [-0.2, -0.15) is 0 Å². The van der Waals surface area contributed by atoms with Crippen LogP contribution in [0.1, 0.15) is 50.6 Å². The highest BCUT2D eigenvalue weighted by atomic mass is 35.5. The Hall–Kier alpha value is -2.31. The summed E-state index contributed by atoms with van der Waals surface area (Å²) in [6.07, 6.45) is 4.08. The molecule has 2 N–H and O–H groups in total. The Morgan fingerprint density at radius 1 is 1.15 bits per heavy atom. The van der Waals surface area contributed by atoms with E-state index in [1.807, 2.05) is 41.1 Å². The summed E-state index contributed by atoms with van der Waals surface area (Å²) in [5.41, 5.74) is 7.92. The van der Waals surface area contributed by atoms with Crippen LogP contribution in [0.15, 0.2) is 48.8 Å². The van der Waals surface area contributed by atoms with Crippen molar-refractivity contribution in [3.05, 3.63) is 70.8 Å². The summed E-state index contributed by atoms with van der Waals surface area (Å²) in [4.78, 5) is 4.28. The third-order valence-electron chi connectivity index (χ3n) is 4.93. The molecule has 0 aliphatic carbocycles. The van der Waals surface area contributed by atoms with Crippen LogP contribution in [-0.4, -0.2) is 25.2 Å². The van der Waals surface area contributed by atoms with Gasteiger partial charge in [-0.3, -0.25) is 4.98 Å². The Morgan fingerprint density at radius 3 is 2.52 bits per heavy atom. The van der Waals surface area contributed by atoms with Gasteiger partial charge in [0.25, 0.3) is 0 Å². The highest BCUT2D eigenvalue weighted by molar-refractivity contribution is 6.31. The lowest BCUT2D eigenvalue weighted by molar-refractivity contribution is 0.291. The van der Waals surface area contributed by atoms with E-state index in [9.17, 15) is 0 Å². The molecule has 0 saturated carbocycles. The van der Waals surface area contributed by atoms with Crippen molar-refractivity contribution >= 4 is 11.6 Å². The van der Waals surface area contributed by atoms with E-state index < -0.39 is 5.54 Å². The lowest BCUT2D eigenvalue weighted by atomic mass is 9.75. The molecular formula is C20H25ClN6. The number of benzene rings is 1. The molecule has 0 bridgehead atoms. The van der Waals surface area contributed by atoms with Gasteiger partial charge in [0, 0.05) is 23.3 Å². The largest absolute Gasteiger partial charge is 0.320 e. The normalized spacial score (nSPS) is 15.3. The molecule has 2 atom stereocenters. The molecule has 1 aromatic carbocycles. The van der Waals surface area contributed by atoms with Crippen LogP contribution < -0.4 is 5.73 Å². The predicted molar refractivity (Wildman–Crippen MR) is 106 cm³/mol. The first-order valence-electron chi connectivity index (χ1n) is 8.95. The molecule has 6 nitrogen and oxygen atoms in total. The minimum Gasteiger partial charge on any atom is -0.320 e. The number of halogens is 1. The number of aromatic nitrogens is 5. The zero-order chi connectivity index (χ0) is 19.7. The smallest absolute Gasteiger partial charge is 0.156 e. The van der Waals surface area contributed by atoms with Crippen molar-refractivity contribution in [3.8, 4) is 0 Å². The lowest BCUT2D eigenvalue weighted by Gasteiger charge is -2.36. The van der Waals surface area contributed by atoms with E-state index in [4.69, 9.17) is 17.3 Å². The van der Waals surface area contributed by atoms with Crippen LogP contribution in [0, 0.1) is 0 Å². The first-order valence-corrected chi connectivity index (χ1v) is 9.33. The average molecular weight is 385 g/mol. The number of rotatable bonds is 5. The van der Waals surface area contributed by atoms with Crippen LogP contribution in [0.25, 0.3) is 0 Å². The molecule has 2 heterocycles. The summed E-state index contributed by atoms with van der Waals surface area (Å²) >= 11 is 6.43. The minimum atomic E-state index is -0.781. The number of tetrazole rings is 1. The molecular weight excluding hydrogens is 360 g/mol. The van der Waals surface area contributed by atoms with E-state index in [2.05, 4.69) is 48.2 Å². The monoisotopic (exact) mass is 384 g/mol. The van der Waals surface area contributed by atoms with Gasteiger partial charge in [0.05, 0.1) is 11.1 Å². The molecule has 2 unspecified atom stereocenters. The van der Waals surface area contributed by atoms with Crippen molar-refractivity contribution in [2.24, 2.45) is 5.73 Å². The quantitative estimate of drug-likeness (QED) is 0.725. The van der Waals surface area contributed by atoms with Crippen LogP contribution in [0.2, 0.25) is 5.02 Å². The fraction of sp³-hybridized carbons (Fsp3) is 0.400. The van der Waals surface area contributed by atoms with E-state index in [0.717, 1.165) is 17.0 Å². The molecule has 0 amide bonds. The van der Waals surface area contributed by atoms with E-state index in [1.54, 1.807) is 12.4 Å². The average Bonchev–Trinajstić information content (AvgIpc) is 3.14. The molecule has 7 heteroatoms. The van der Waals surface area contributed by atoms with Crippen molar-refractivity contribution in [3.63, 3.8) is 0 Å². The van der Waals surface area contributed by atoms with Crippen LogP contribution in [0.4, 0.5) is 0 Å². The van der Waals surface area contributed by atoms with Crippen molar-refractivity contribution in [1.29, 1.82) is 0 Å². The Bertz CT molecular complexity index is 902. The molecule has 0 spiro atoms. The molecule has 142 valence electrons. The van der Waals surface area contributed by atoms with E-state index in [-0.39, 0.29) is 11.5 Å². The lowest BCUT2D eigenvalue weighted by Crippen LogP contribution is -2.45. The molecule has 0 aliphatic heterocycles. The van der Waals surface area contributed by atoms with Crippen LogP contribution in [0.5, 0.6) is 0 Å². The maximum absolute atomic E-state index is 7.06. The summed E-state index contributed by atoms with van der Waals surface area (Å²) < 4.78 is 1.84. The second-order valence-electron chi connectivity index (χ2n) is 7.89. The van der Waals surface area contributed by atoms with Gasteiger partial charge in [0.15, 0.2) is 5.82 Å². The van der Waals surface area contributed by atoms with Crippen LogP contribution >= 0.6 is 11.6 Å². The summed E-state index contributed by atoms with van der Waals surface area (Å²) in [7, 11) is 0. The maximum atomic E-state index is 7.06. The van der Waals surface area contributed by atoms with Gasteiger partial charge < -0.3 is 5.73 Å². The number of hydrogen-bond acceptors (Lipinski definition) is 5. The van der Waals surface area contributed by atoms with Crippen LogP contribution in [0.3, 0.4) is 0 Å². The Morgan fingerprint density at radius 2 is 1.89 bits per heavy atom. The van der Waals surface area contributed by atoms with Gasteiger partial charge >= 0.3 is 0 Å². The standard InChI is InChI=1S/C20H25ClN6/c1-14(18-24-25-26-27(18)19(2,3)4)20(22,16-9-7-11-23-13-16)12-15-8-5-6-10-17(15)21/h5-11,13-14H,12,22H2,1-4H3. The summed E-state index contributed by atoms with van der Waals surface area (Å²) in [5.74, 6) is 0.563. The third-order valence-corrected chi connectivity index (χ3v) is 5.30. The molecule has 0 fully saturated rings. The highest BCUT2D eigenvalue weighted by Gasteiger charge is 2.40.